The van der Waals surface area contributed by atoms with Crippen LogP contribution in [0.4, 0.5) is 0 Å². The second-order valence-electron chi connectivity index (χ2n) is 26.8. The first-order valence-electron chi connectivity index (χ1n) is 35.4. The lowest BCUT2D eigenvalue weighted by Gasteiger charge is -2.13. The Bertz CT molecular complexity index is 7210. The molecule has 0 aliphatic rings. The van der Waals surface area contributed by atoms with Gasteiger partial charge in [0.15, 0.2) is 0 Å². The van der Waals surface area contributed by atoms with Gasteiger partial charge in [-0.15, -0.1) is 0 Å². The van der Waals surface area contributed by atoms with E-state index < -0.39 is 0 Å². The van der Waals surface area contributed by atoms with E-state index in [0.717, 1.165) is 99.3 Å². The van der Waals surface area contributed by atoms with E-state index in [9.17, 15) is 0 Å². The van der Waals surface area contributed by atoms with Crippen LogP contribution in [0.15, 0.2) is 364 Å². The van der Waals surface area contributed by atoms with Gasteiger partial charge in [-0.1, -0.05) is 267 Å². The van der Waals surface area contributed by atoms with Crippen LogP contribution < -0.4 is 0 Å². The van der Waals surface area contributed by atoms with Crippen molar-refractivity contribution in [2.75, 3.05) is 0 Å². The van der Waals surface area contributed by atoms with Gasteiger partial charge >= 0.3 is 0 Å². The predicted octanol–water partition coefficient (Wildman–Crippen LogP) is 24.6. The van der Waals surface area contributed by atoms with Crippen molar-refractivity contribution in [3.8, 4) is 68.0 Å². The molecule has 6 aromatic heterocycles. The lowest BCUT2D eigenvalue weighted by atomic mass is 9.95. The molecular weight excluding hydrogens is 1270 g/mol. The standard InChI is InChI=1S/2C48H30N4/c1-3-16-32(17-4-1)46-39-30-29-31-15-7-8-20-34(31)47(39)50-48(49-46)52-41-26-12-10-22-38(41)45-36(24-14-28-43(45)52)35-23-13-27-42-44(35)37-21-9-11-25-40(37)51(42)33-18-5-2-6-19-33;1-3-14-32(15-4-1)46-39-26-23-31-13-7-8-18-36(31)47(39)50-48(49-46)52-43-22-12-10-20-38(43)41-30-34(25-28-45(41)52)33-24-27-44-40(29-33)37-19-9-11-21-42(37)51(44)35-16-5-2-6-17-35/h2*1-30H. The largest absolute Gasteiger partial charge is 0.309 e. The quantitative estimate of drug-likeness (QED) is 0.142. The third-order valence-corrected chi connectivity index (χ3v) is 21.0. The normalized spacial score (nSPS) is 11.8. The van der Waals surface area contributed by atoms with Crippen LogP contribution >= 0.6 is 0 Å². The molecule has 8 heteroatoms. The minimum absolute atomic E-state index is 0.657. The van der Waals surface area contributed by atoms with Crippen LogP contribution in [-0.4, -0.2) is 38.2 Å². The van der Waals surface area contributed by atoms with Crippen molar-refractivity contribution in [2.24, 2.45) is 0 Å². The smallest absolute Gasteiger partial charge is 0.235 e. The molecule has 8 nitrogen and oxygen atoms in total. The molecule has 0 fully saturated rings. The highest BCUT2D eigenvalue weighted by atomic mass is 15.2. The average molecular weight is 1330 g/mol. The average Bonchev–Trinajstić information content (AvgIpc) is 1.59. The van der Waals surface area contributed by atoms with Crippen LogP contribution in [0, 0.1) is 0 Å². The van der Waals surface area contributed by atoms with Crippen molar-refractivity contribution in [2.45, 2.75) is 0 Å². The monoisotopic (exact) mass is 1320 g/mol. The van der Waals surface area contributed by atoms with Crippen LogP contribution in [-0.2, 0) is 0 Å². The lowest BCUT2D eigenvalue weighted by molar-refractivity contribution is 1.01. The van der Waals surface area contributed by atoms with Crippen molar-refractivity contribution >= 4 is 131 Å². The maximum Gasteiger partial charge on any atom is 0.235 e. The van der Waals surface area contributed by atoms with Crippen molar-refractivity contribution in [1.29, 1.82) is 0 Å². The fraction of sp³-hybridized carbons (Fsp3) is 0. The molecule has 104 heavy (non-hydrogen) atoms. The predicted molar refractivity (Wildman–Crippen MR) is 433 cm³/mol. The minimum Gasteiger partial charge on any atom is -0.309 e. The highest BCUT2D eigenvalue weighted by Crippen LogP contribution is 2.46. The van der Waals surface area contributed by atoms with Gasteiger partial charge in [0.2, 0.25) is 11.9 Å². The Hall–Kier alpha value is -14.1. The molecule has 0 saturated carbocycles. The number of para-hydroxylation sites is 6. The molecule has 0 saturated heterocycles. The zero-order chi connectivity index (χ0) is 68.3. The van der Waals surface area contributed by atoms with Crippen LogP contribution in [0.3, 0.4) is 0 Å². The first-order valence-corrected chi connectivity index (χ1v) is 35.4. The second kappa shape index (κ2) is 23.8. The van der Waals surface area contributed by atoms with Crippen LogP contribution in [0.1, 0.15) is 0 Å². The highest BCUT2D eigenvalue weighted by molar-refractivity contribution is 6.23. The number of rotatable bonds is 8. The van der Waals surface area contributed by atoms with E-state index in [1.807, 2.05) is 6.07 Å². The molecule has 6 heterocycles. The van der Waals surface area contributed by atoms with Crippen molar-refractivity contribution in [3.05, 3.63) is 364 Å². The molecule has 0 unspecified atom stereocenters. The highest BCUT2D eigenvalue weighted by Gasteiger charge is 2.25. The van der Waals surface area contributed by atoms with E-state index in [-0.39, 0.29) is 0 Å². The Morgan fingerprint density at radius 2 is 0.510 bits per heavy atom. The summed E-state index contributed by atoms with van der Waals surface area (Å²) in [6.07, 6.45) is 0. The molecule has 0 aliphatic heterocycles. The summed E-state index contributed by atoms with van der Waals surface area (Å²) in [4.78, 5) is 21.5. The summed E-state index contributed by atoms with van der Waals surface area (Å²) in [5.41, 5.74) is 22.0. The molecule has 22 aromatic rings. The Kier molecular flexibility index (Phi) is 13.5. The maximum absolute atomic E-state index is 5.41. The topological polar surface area (TPSA) is 71.3 Å². The Morgan fingerprint density at radius 1 is 0.183 bits per heavy atom. The summed E-state index contributed by atoms with van der Waals surface area (Å²) in [6.45, 7) is 0. The van der Waals surface area contributed by atoms with Gasteiger partial charge in [-0.25, -0.2) is 19.9 Å². The molecule has 0 aliphatic carbocycles. The van der Waals surface area contributed by atoms with Crippen molar-refractivity contribution in [3.63, 3.8) is 0 Å². The van der Waals surface area contributed by atoms with Gasteiger partial charge in [0.05, 0.1) is 66.6 Å². The fourth-order valence-corrected chi connectivity index (χ4v) is 16.5. The number of hydrogen-bond acceptors (Lipinski definition) is 4. The van der Waals surface area contributed by atoms with Gasteiger partial charge < -0.3 is 9.13 Å². The zero-order valence-corrected chi connectivity index (χ0v) is 56.2. The fourth-order valence-electron chi connectivity index (χ4n) is 16.5. The van der Waals surface area contributed by atoms with Gasteiger partial charge in [-0.3, -0.25) is 9.13 Å². The summed E-state index contributed by atoms with van der Waals surface area (Å²) in [6, 6.07) is 130. The minimum atomic E-state index is 0.657. The van der Waals surface area contributed by atoms with E-state index in [0.29, 0.717) is 11.9 Å². The Morgan fingerprint density at radius 3 is 0.981 bits per heavy atom. The summed E-state index contributed by atoms with van der Waals surface area (Å²) >= 11 is 0. The molecule has 484 valence electrons. The Labute approximate surface area is 597 Å². The number of aromatic nitrogens is 8. The lowest BCUT2D eigenvalue weighted by Crippen LogP contribution is -2.03. The molecule has 16 aromatic carbocycles. The third-order valence-electron chi connectivity index (χ3n) is 21.0. The second-order valence-corrected chi connectivity index (χ2v) is 26.8. The molecular formula is C96H60N8. The Balaban J connectivity index is 0.000000134. The van der Waals surface area contributed by atoms with Crippen LogP contribution in [0.2, 0.25) is 0 Å². The van der Waals surface area contributed by atoms with Gasteiger partial charge in [-0.05, 0) is 130 Å². The van der Waals surface area contributed by atoms with Gasteiger partial charge in [-0.2, -0.15) is 0 Å². The van der Waals surface area contributed by atoms with Crippen LogP contribution in [0.25, 0.3) is 199 Å². The molecule has 0 radical (unpaired) electrons. The molecule has 0 atom stereocenters. The number of nitrogens with zero attached hydrogens (tertiary/aromatic N) is 8. The van der Waals surface area contributed by atoms with E-state index in [2.05, 4.69) is 376 Å². The first kappa shape index (κ1) is 58.8. The van der Waals surface area contributed by atoms with Crippen LogP contribution in [0.5, 0.6) is 0 Å². The summed E-state index contributed by atoms with van der Waals surface area (Å²) in [5, 5.41) is 16.3. The summed E-state index contributed by atoms with van der Waals surface area (Å²) < 4.78 is 9.24. The van der Waals surface area contributed by atoms with E-state index >= 15 is 0 Å². The SMILES string of the molecule is c1ccc(-c2nc(-n3c4ccccc4c4c(-c5cccc6c5c5ccccc5n6-c5ccccc5)cccc43)nc3c2ccc2ccccc23)cc1.c1ccc(-c2nc(-n3c4ccccc4c4cc(-c5ccc6c(c5)c5ccccc5n6-c5ccccc5)ccc43)nc3c2ccc2ccccc23)cc1. The number of benzene rings is 16. The molecule has 0 amide bonds. The third kappa shape index (κ3) is 9.25. The first-order chi connectivity index (χ1) is 51.6. The van der Waals surface area contributed by atoms with Gasteiger partial charge in [0, 0.05) is 87.1 Å². The number of hydrogen-bond donors (Lipinski definition) is 0. The summed E-state index contributed by atoms with van der Waals surface area (Å²) in [7, 11) is 0. The van der Waals surface area contributed by atoms with E-state index in [1.54, 1.807) is 0 Å². The van der Waals surface area contributed by atoms with Crippen molar-refractivity contribution < 1.29 is 0 Å². The molecule has 0 bridgehead atoms. The van der Waals surface area contributed by atoms with Gasteiger partial charge in [0.25, 0.3) is 0 Å². The number of fused-ring (bicyclic) bond motifs is 18. The molecule has 22 rings (SSSR count). The van der Waals surface area contributed by atoms with E-state index in [4.69, 9.17) is 19.9 Å². The van der Waals surface area contributed by atoms with Crippen molar-refractivity contribution in [1.82, 2.24) is 38.2 Å². The summed E-state index contributed by atoms with van der Waals surface area (Å²) in [5.74, 6) is 1.32. The zero-order valence-electron chi connectivity index (χ0n) is 56.2. The maximum atomic E-state index is 5.41. The van der Waals surface area contributed by atoms with Gasteiger partial charge in [0.1, 0.15) is 0 Å². The molecule has 0 spiro atoms. The molecule has 0 N–H and O–H groups in total. The van der Waals surface area contributed by atoms with E-state index in [1.165, 1.54) is 87.4 Å².